The third-order valence-corrected chi connectivity index (χ3v) is 23.7. The largest absolute Gasteiger partial charge is 0.456 e. The van der Waals surface area contributed by atoms with Crippen molar-refractivity contribution in [3.05, 3.63) is 443 Å². The molecule has 130 heavy (non-hydrogen) atoms. The highest BCUT2D eigenvalue weighted by Crippen LogP contribution is 2.41. The minimum Gasteiger partial charge on any atom is -0.456 e. The number of hydrogen-bond donors (Lipinski definition) is 0. The van der Waals surface area contributed by atoms with Crippen molar-refractivity contribution in [3.63, 3.8) is 0 Å². The number of rotatable bonds is 16. The van der Waals surface area contributed by atoms with E-state index in [1.807, 2.05) is 164 Å². The molecule has 0 amide bonds. The van der Waals surface area contributed by atoms with Crippen LogP contribution >= 0.6 is 0 Å². The Morgan fingerprint density at radius 1 is 0.115 bits per heavy atom. The molecule has 0 spiro atoms. The Morgan fingerprint density at radius 2 is 0.338 bits per heavy atom. The van der Waals surface area contributed by atoms with Crippen molar-refractivity contribution >= 4 is 65.4 Å². The predicted molar refractivity (Wildman–Crippen MR) is 525 cm³/mol. The van der Waals surface area contributed by atoms with Crippen LogP contribution in [-0.4, -0.2) is 54.8 Å². The van der Waals surface area contributed by atoms with Crippen LogP contribution in [0.3, 0.4) is 0 Å². The topological polar surface area (TPSA) is 168 Å². The third kappa shape index (κ3) is 15.6. The van der Waals surface area contributed by atoms with E-state index in [1.54, 1.807) is 0 Å². The maximum Gasteiger partial charge on any atom is 0.164 e. The Labute approximate surface area is 748 Å². The average Bonchev–Trinajstić information content (AvgIpc) is 1.56. The molecule has 0 fully saturated rings. The van der Waals surface area contributed by atoms with Gasteiger partial charge in [0, 0.05) is 88.3 Å². The summed E-state index contributed by atoms with van der Waals surface area (Å²) in [5.41, 5.74) is 24.5. The van der Waals surface area contributed by atoms with Crippen molar-refractivity contribution in [1.82, 2.24) is 54.8 Å². The molecule has 0 radical (unpaired) electrons. The molecule has 13 nitrogen and oxygen atoms in total. The fourth-order valence-electron chi connectivity index (χ4n) is 17.0. The molecule has 0 bridgehead atoms. The fourth-order valence-corrected chi connectivity index (χ4v) is 17.0. The van der Waals surface area contributed by atoms with Gasteiger partial charge in [-0.1, -0.05) is 358 Å². The van der Waals surface area contributed by atoms with Crippen molar-refractivity contribution in [2.75, 3.05) is 0 Å². The third-order valence-electron chi connectivity index (χ3n) is 23.7. The van der Waals surface area contributed by atoms with E-state index in [0.717, 1.165) is 177 Å². The molecule has 0 saturated carbocycles. The van der Waals surface area contributed by atoms with Gasteiger partial charge in [0.05, 0.1) is 11.4 Å². The molecule has 0 aliphatic rings. The lowest BCUT2D eigenvalue weighted by atomic mass is 9.97. The molecule has 608 valence electrons. The van der Waals surface area contributed by atoms with E-state index in [4.69, 9.17) is 63.7 Å². The van der Waals surface area contributed by atoms with Gasteiger partial charge in [0.1, 0.15) is 22.3 Å². The van der Waals surface area contributed by atoms with Crippen molar-refractivity contribution in [3.8, 4) is 181 Å². The zero-order valence-electron chi connectivity index (χ0n) is 69.9. The van der Waals surface area contributed by atoms with Crippen molar-refractivity contribution in [1.29, 1.82) is 0 Å². The first-order valence-electron chi connectivity index (χ1n) is 43.1. The molecule has 0 atom stereocenters. The van der Waals surface area contributed by atoms with Crippen LogP contribution in [0.25, 0.3) is 246 Å². The predicted octanol–water partition coefficient (Wildman–Crippen LogP) is 29.5. The highest BCUT2D eigenvalue weighted by atomic mass is 16.3. The second-order valence-electron chi connectivity index (χ2n) is 32.1. The molecule has 6 heterocycles. The van der Waals surface area contributed by atoms with Gasteiger partial charge < -0.3 is 8.83 Å². The van der Waals surface area contributed by atoms with E-state index >= 15 is 0 Å². The number of hydrogen-bond acceptors (Lipinski definition) is 13. The van der Waals surface area contributed by atoms with E-state index in [1.165, 1.54) is 10.8 Å². The van der Waals surface area contributed by atoms with Crippen molar-refractivity contribution in [2.45, 2.75) is 0 Å². The molecule has 24 aromatic rings. The Hall–Kier alpha value is -17.8. The normalized spacial score (nSPS) is 11.4. The van der Waals surface area contributed by atoms with E-state index < -0.39 is 0 Å². The monoisotopic (exact) mass is 1660 g/mol. The lowest BCUT2D eigenvalue weighted by Gasteiger charge is -2.12. The summed E-state index contributed by atoms with van der Waals surface area (Å²) < 4.78 is 12.6. The first-order chi connectivity index (χ1) is 64.3. The summed E-state index contributed by atoms with van der Waals surface area (Å²) in [6, 6.07) is 152. The number of furan rings is 2. The number of aromatic nitrogens is 11. The van der Waals surface area contributed by atoms with Gasteiger partial charge in [0.25, 0.3) is 0 Å². The van der Waals surface area contributed by atoms with E-state index in [9.17, 15) is 0 Å². The molecule has 0 unspecified atom stereocenters. The summed E-state index contributed by atoms with van der Waals surface area (Å²) in [5.74, 6) is 6.09. The Morgan fingerprint density at radius 3 is 0.746 bits per heavy atom. The standard InChI is InChI=1S/C59H37N5O.C58H36N6O/c1-3-14-40(15-4-1)56-60-52(37-53(61-56)48-31-32-51-50-23-9-10-24-54(50)65-55(51)36-48)47-21-11-19-44(34-47)45-20-12-22-49(35-45)59-63-57(41-16-5-2-6-17-41)62-58(64-59)42-28-25-39(26-29-42)46-30-27-38-13-7-8-18-43(38)33-46;1-3-15-38(16-4-1)53-59-54(39-17-5-2-6-18-39)61-55(60-53)45-24-12-22-43(34-45)41-20-11-21-42(32-41)44-23-13-25-46(35-44)56-62-57(47-29-28-37-14-7-8-19-40(37)33-47)64-58(63-56)48-30-31-50-49-26-9-10-27-51(49)65-52(50)36-48/h1-37H;1-36H. The summed E-state index contributed by atoms with van der Waals surface area (Å²) in [6.07, 6.45) is 0. The van der Waals surface area contributed by atoms with E-state index in [0.29, 0.717) is 58.2 Å². The first kappa shape index (κ1) is 77.0. The maximum absolute atomic E-state index is 6.29. The van der Waals surface area contributed by atoms with Gasteiger partial charge in [0.2, 0.25) is 0 Å². The minimum absolute atomic E-state index is 0.567. The molecule has 0 N–H and O–H groups in total. The van der Waals surface area contributed by atoms with Gasteiger partial charge in [-0.15, -0.1) is 0 Å². The van der Waals surface area contributed by atoms with Crippen molar-refractivity contribution in [2.24, 2.45) is 0 Å². The SMILES string of the molecule is c1ccc(-c2nc(-c3cccc(-c4cccc(-c5nc(-c6ccccc6)nc(-c6ccc(-c7ccc8ccccc8c7)cc6)n5)c4)c3)cc(-c3ccc4c(c3)oc3ccccc34)n2)cc1.c1ccc(-c2nc(-c3ccccc3)nc(-c3cccc(-c4cccc(-c5cccc(-c6nc(-c7ccc8ccccc8c7)nc(-c7ccc8c(c7)oc7ccccc78)n6)c5)c4)c3)n2)cc1. The molecule has 18 aromatic carbocycles. The van der Waals surface area contributed by atoms with Crippen LogP contribution in [0.1, 0.15) is 0 Å². The summed E-state index contributed by atoms with van der Waals surface area (Å²) in [6.45, 7) is 0. The van der Waals surface area contributed by atoms with Crippen LogP contribution < -0.4 is 0 Å². The molecular weight excluding hydrogens is 1590 g/mol. The quantitative estimate of drug-likeness (QED) is 0.0897. The fraction of sp³-hybridized carbons (Fsp3) is 0. The number of nitrogens with zero attached hydrogens (tertiary/aromatic N) is 11. The lowest BCUT2D eigenvalue weighted by Crippen LogP contribution is -2.00. The Balaban J connectivity index is 0.000000148. The second-order valence-corrected chi connectivity index (χ2v) is 32.1. The average molecular weight is 1660 g/mol. The lowest BCUT2D eigenvalue weighted by molar-refractivity contribution is 0.668. The van der Waals surface area contributed by atoms with E-state index in [2.05, 4.69) is 279 Å². The van der Waals surface area contributed by atoms with Crippen LogP contribution in [0.15, 0.2) is 452 Å². The summed E-state index contributed by atoms with van der Waals surface area (Å²) in [5, 5.41) is 9.01. The molecule has 13 heteroatoms. The highest BCUT2D eigenvalue weighted by molar-refractivity contribution is 6.07. The minimum atomic E-state index is 0.567. The van der Waals surface area contributed by atoms with Crippen molar-refractivity contribution < 1.29 is 8.83 Å². The number of benzene rings is 18. The Bertz CT molecular complexity index is 8380. The molecule has 0 aliphatic carbocycles. The zero-order valence-corrected chi connectivity index (χ0v) is 69.9. The van der Waals surface area contributed by atoms with Gasteiger partial charge in [-0.3, -0.25) is 0 Å². The van der Waals surface area contributed by atoms with Gasteiger partial charge >= 0.3 is 0 Å². The van der Waals surface area contributed by atoms with Crippen LogP contribution in [-0.2, 0) is 0 Å². The first-order valence-corrected chi connectivity index (χ1v) is 43.1. The van der Waals surface area contributed by atoms with Crippen LogP contribution in [0.4, 0.5) is 0 Å². The summed E-state index contributed by atoms with van der Waals surface area (Å²) in [7, 11) is 0. The molecule has 0 saturated heterocycles. The maximum atomic E-state index is 6.29. The second kappa shape index (κ2) is 33.7. The molecule has 0 aliphatic heterocycles. The molecule has 24 rings (SSSR count). The van der Waals surface area contributed by atoms with Gasteiger partial charge in [-0.2, -0.15) is 0 Å². The number of para-hydroxylation sites is 2. The Kier molecular flexibility index (Phi) is 20.0. The smallest absolute Gasteiger partial charge is 0.164 e. The zero-order chi connectivity index (χ0) is 86.2. The van der Waals surface area contributed by atoms with Gasteiger partial charge in [-0.25, -0.2) is 54.8 Å². The van der Waals surface area contributed by atoms with Gasteiger partial charge in [-0.05, 0) is 151 Å². The van der Waals surface area contributed by atoms with Crippen LogP contribution in [0.2, 0.25) is 0 Å². The molecular formula is C117H73N11O2. The van der Waals surface area contributed by atoms with Gasteiger partial charge in [0.15, 0.2) is 58.2 Å². The summed E-state index contributed by atoms with van der Waals surface area (Å²) >= 11 is 0. The van der Waals surface area contributed by atoms with Crippen LogP contribution in [0.5, 0.6) is 0 Å². The number of fused-ring (bicyclic) bond motifs is 8. The highest BCUT2D eigenvalue weighted by Gasteiger charge is 2.22. The van der Waals surface area contributed by atoms with E-state index in [-0.39, 0.29) is 0 Å². The molecule has 6 aromatic heterocycles. The summed E-state index contributed by atoms with van der Waals surface area (Å²) in [4.78, 5) is 55.6. The van der Waals surface area contributed by atoms with Crippen LogP contribution in [0, 0.1) is 0 Å².